The Morgan fingerprint density at radius 3 is 2.19 bits per heavy atom. The van der Waals surface area contributed by atoms with Crippen LogP contribution in [0.5, 0.6) is 11.5 Å². The molecule has 216 valence electrons. The van der Waals surface area contributed by atoms with Crippen molar-refractivity contribution in [3.8, 4) is 22.6 Å². The van der Waals surface area contributed by atoms with E-state index < -0.39 is 17.3 Å². The van der Waals surface area contributed by atoms with Crippen LogP contribution < -0.4 is 14.4 Å². The van der Waals surface area contributed by atoms with Gasteiger partial charge in [-0.1, -0.05) is 60.7 Å². The first-order chi connectivity index (χ1) is 20.7. The van der Waals surface area contributed by atoms with Gasteiger partial charge in [-0.25, -0.2) is 0 Å². The molecule has 2 aliphatic rings. The fraction of sp³-hybridized carbons (Fsp3) is 0.189. The average Bonchev–Trinajstić information content (AvgIpc) is 3.03. The largest absolute Gasteiger partial charge is 0.497 e. The van der Waals surface area contributed by atoms with E-state index in [0.29, 0.717) is 16.9 Å². The molecule has 3 nitrogen and oxygen atoms in total. The number of hydrogen-bond donors (Lipinski definition) is 0. The molecule has 0 aromatic heterocycles. The fourth-order valence-corrected chi connectivity index (χ4v) is 6.52. The van der Waals surface area contributed by atoms with Gasteiger partial charge in [-0.2, -0.15) is 13.2 Å². The van der Waals surface area contributed by atoms with E-state index in [4.69, 9.17) is 9.47 Å². The number of anilines is 1. The summed E-state index contributed by atoms with van der Waals surface area (Å²) >= 11 is 0. The van der Waals surface area contributed by atoms with Gasteiger partial charge in [0.05, 0.1) is 12.7 Å². The van der Waals surface area contributed by atoms with Crippen molar-refractivity contribution in [3.63, 3.8) is 0 Å². The first kappa shape index (κ1) is 27.1. The van der Waals surface area contributed by atoms with Crippen molar-refractivity contribution in [1.82, 2.24) is 0 Å². The van der Waals surface area contributed by atoms with Crippen molar-refractivity contribution in [2.24, 2.45) is 0 Å². The quantitative estimate of drug-likeness (QED) is 0.213. The molecule has 0 N–H and O–H groups in total. The third kappa shape index (κ3) is 4.35. The molecule has 0 radical (unpaired) electrons. The molecule has 0 fully saturated rings. The van der Waals surface area contributed by atoms with Crippen LogP contribution in [0, 0.1) is 0 Å². The van der Waals surface area contributed by atoms with E-state index in [9.17, 15) is 13.2 Å². The highest BCUT2D eigenvalue weighted by molar-refractivity contribution is 6.06. The van der Waals surface area contributed by atoms with E-state index in [1.54, 1.807) is 13.2 Å². The summed E-state index contributed by atoms with van der Waals surface area (Å²) in [6.45, 7) is 0. The lowest BCUT2D eigenvalue weighted by atomic mass is 9.77. The lowest BCUT2D eigenvalue weighted by Gasteiger charge is -2.38. The Kier molecular flexibility index (Phi) is 6.27. The van der Waals surface area contributed by atoms with Crippen LogP contribution in [-0.4, -0.2) is 21.2 Å². The molecular weight excluding hydrogens is 547 g/mol. The topological polar surface area (TPSA) is 21.7 Å². The zero-order chi connectivity index (χ0) is 29.9. The summed E-state index contributed by atoms with van der Waals surface area (Å²) in [7, 11) is 5.57. The summed E-state index contributed by atoms with van der Waals surface area (Å²) in [6, 6.07) is 28.0. The molecule has 1 aliphatic heterocycles. The van der Waals surface area contributed by atoms with Gasteiger partial charge in [0.25, 0.3) is 0 Å². The summed E-state index contributed by atoms with van der Waals surface area (Å²) in [5, 5.41) is 1.21. The summed E-state index contributed by atoms with van der Waals surface area (Å²) in [5.41, 5.74) is 6.16. The molecule has 1 unspecified atom stereocenters. The maximum Gasteiger partial charge on any atom is 0.416 e. The van der Waals surface area contributed by atoms with Crippen molar-refractivity contribution in [2.75, 3.05) is 26.1 Å². The molecule has 0 bridgehead atoms. The summed E-state index contributed by atoms with van der Waals surface area (Å²) < 4.78 is 54.8. The zero-order valence-electron chi connectivity index (χ0n) is 24.1. The number of methoxy groups -OCH3 is 1. The molecule has 0 saturated carbocycles. The van der Waals surface area contributed by atoms with Crippen LogP contribution in [0.25, 0.3) is 28.0 Å². The lowest BCUT2D eigenvalue weighted by molar-refractivity contribution is -0.137. The number of halogens is 3. The Hall–Kier alpha value is -4.71. The van der Waals surface area contributed by atoms with Gasteiger partial charge in [0.15, 0.2) is 5.60 Å². The molecule has 5 aromatic carbocycles. The Morgan fingerprint density at radius 1 is 0.814 bits per heavy atom. The predicted octanol–water partition coefficient (Wildman–Crippen LogP) is 9.05. The van der Waals surface area contributed by atoms with Crippen LogP contribution >= 0.6 is 0 Å². The minimum atomic E-state index is -4.49. The number of rotatable bonds is 4. The molecular formula is C37H30F3NO2. The number of aryl methyl sites for hydroxylation is 1. The Labute approximate surface area is 248 Å². The van der Waals surface area contributed by atoms with Gasteiger partial charge in [-0.15, -0.1) is 0 Å². The summed E-state index contributed by atoms with van der Waals surface area (Å²) in [4.78, 5) is 2.02. The second-order valence-corrected chi connectivity index (χ2v) is 11.4. The van der Waals surface area contributed by atoms with Crippen molar-refractivity contribution >= 4 is 22.5 Å². The number of benzene rings is 5. The number of hydrogen-bond acceptors (Lipinski definition) is 3. The predicted molar refractivity (Wildman–Crippen MR) is 166 cm³/mol. The normalized spacial score (nSPS) is 17.1. The number of nitrogens with zero attached hydrogens (tertiary/aromatic N) is 1. The van der Waals surface area contributed by atoms with Crippen molar-refractivity contribution in [1.29, 1.82) is 0 Å². The second kappa shape index (κ2) is 9.94. The summed E-state index contributed by atoms with van der Waals surface area (Å²) in [6.07, 6.45) is 1.23. The van der Waals surface area contributed by atoms with Crippen LogP contribution in [0.3, 0.4) is 0 Å². The van der Waals surface area contributed by atoms with Gasteiger partial charge in [-0.3, -0.25) is 0 Å². The monoisotopic (exact) mass is 577 g/mol. The molecule has 5 aromatic rings. The van der Waals surface area contributed by atoms with Gasteiger partial charge < -0.3 is 14.4 Å². The minimum Gasteiger partial charge on any atom is -0.497 e. The zero-order valence-corrected chi connectivity index (χ0v) is 24.1. The maximum absolute atomic E-state index is 14.1. The number of fused-ring (bicyclic) bond motifs is 8. The molecule has 1 heterocycles. The molecule has 0 spiro atoms. The average molecular weight is 578 g/mol. The van der Waals surface area contributed by atoms with Crippen molar-refractivity contribution < 1.29 is 22.6 Å². The van der Waals surface area contributed by atoms with Crippen LogP contribution in [0.15, 0.2) is 97.1 Å². The Balaban J connectivity index is 1.52. The molecule has 0 saturated heterocycles. The van der Waals surface area contributed by atoms with E-state index in [1.165, 1.54) is 17.7 Å². The van der Waals surface area contributed by atoms with Crippen LogP contribution in [0.2, 0.25) is 0 Å². The fourth-order valence-electron chi connectivity index (χ4n) is 6.52. The first-order valence-electron chi connectivity index (χ1n) is 14.3. The Morgan fingerprint density at radius 2 is 1.51 bits per heavy atom. The highest BCUT2D eigenvalue weighted by atomic mass is 19.4. The van der Waals surface area contributed by atoms with E-state index in [-0.39, 0.29) is 0 Å². The van der Waals surface area contributed by atoms with E-state index in [0.717, 1.165) is 57.3 Å². The van der Waals surface area contributed by atoms with E-state index in [1.807, 2.05) is 85.7 Å². The van der Waals surface area contributed by atoms with Gasteiger partial charge in [-0.05, 0) is 83.0 Å². The van der Waals surface area contributed by atoms with Crippen molar-refractivity contribution in [2.45, 2.75) is 24.6 Å². The molecule has 0 amide bonds. The first-order valence-corrected chi connectivity index (χ1v) is 14.3. The smallest absolute Gasteiger partial charge is 0.416 e. The highest BCUT2D eigenvalue weighted by Crippen LogP contribution is 2.52. The summed E-state index contributed by atoms with van der Waals surface area (Å²) in [5.74, 6) is 1.17. The van der Waals surface area contributed by atoms with Gasteiger partial charge in [0.2, 0.25) is 0 Å². The van der Waals surface area contributed by atoms with Gasteiger partial charge in [0, 0.05) is 41.9 Å². The molecule has 1 atom stereocenters. The third-order valence-electron chi connectivity index (χ3n) is 8.74. The number of ether oxygens (including phenoxy) is 2. The second-order valence-electron chi connectivity index (χ2n) is 11.4. The number of alkyl halides is 3. The van der Waals surface area contributed by atoms with E-state index in [2.05, 4.69) is 18.2 Å². The highest BCUT2D eigenvalue weighted by Gasteiger charge is 2.40. The van der Waals surface area contributed by atoms with Crippen LogP contribution in [-0.2, 0) is 24.6 Å². The molecule has 7 rings (SSSR count). The maximum atomic E-state index is 14.1. The van der Waals surface area contributed by atoms with Crippen LogP contribution in [0.4, 0.5) is 18.9 Å². The standard InChI is InChI=1S/C37H30F3NO2/c1-41(2)27-14-9-24(10-15-27)36(25-11-16-28(42-3)17-12-25)21-20-32-30-18-8-23-6-4-5-7-29(23)34(30)31-19-13-26(37(38,39)40)22-33(31)35(32)43-36/h4-7,9-17,19-22H,8,18H2,1-3H3. The Bertz CT molecular complexity index is 1890. The van der Waals surface area contributed by atoms with E-state index >= 15 is 0 Å². The van der Waals surface area contributed by atoms with Crippen LogP contribution in [0.1, 0.15) is 33.4 Å². The van der Waals surface area contributed by atoms with Crippen molar-refractivity contribution in [3.05, 3.63) is 130 Å². The molecule has 1 aliphatic carbocycles. The SMILES string of the molecule is COc1ccc(C2(c3ccc(N(C)C)cc3)C=Cc3c4c(c5ccc(C(F)(F)F)cc5c3O2)-c2ccccc2CC4)cc1. The minimum absolute atomic E-state index is 0.451. The molecule has 6 heteroatoms. The van der Waals surface area contributed by atoms with Gasteiger partial charge in [0.1, 0.15) is 11.5 Å². The molecule has 43 heavy (non-hydrogen) atoms. The van der Waals surface area contributed by atoms with Gasteiger partial charge >= 0.3 is 6.18 Å². The third-order valence-corrected chi connectivity index (χ3v) is 8.74. The lowest BCUT2D eigenvalue weighted by Crippen LogP contribution is -2.34.